The van der Waals surface area contributed by atoms with Crippen molar-refractivity contribution in [2.75, 3.05) is 6.61 Å². The lowest BCUT2D eigenvalue weighted by molar-refractivity contribution is 0.0389. The van der Waals surface area contributed by atoms with Crippen LogP contribution in [0.25, 0.3) is 0 Å². The van der Waals surface area contributed by atoms with Gasteiger partial charge in [-0.25, -0.2) is 4.98 Å². The van der Waals surface area contributed by atoms with Gasteiger partial charge in [0.1, 0.15) is 0 Å². The van der Waals surface area contributed by atoms with Crippen LogP contribution in [-0.2, 0) is 6.54 Å². The second kappa shape index (κ2) is 6.61. The van der Waals surface area contributed by atoms with E-state index in [9.17, 15) is 10.2 Å². The highest BCUT2D eigenvalue weighted by Crippen LogP contribution is 2.22. The predicted octanol–water partition coefficient (Wildman–Crippen LogP) is 1.70. The summed E-state index contributed by atoms with van der Waals surface area (Å²) >= 11 is 1.65. The minimum absolute atomic E-state index is 0.0327. The standard InChI is InChI=1S/C13H24N2O2S/c1-9-14-6-11(18-9)7-15-10(8-16)5-12(17)13(2,3)4/h6,10,12,15-17H,5,7-8H2,1-4H3/t10-,12-/m0/s1. The highest BCUT2D eigenvalue weighted by Gasteiger charge is 2.25. The molecule has 4 nitrogen and oxygen atoms in total. The third-order valence-corrected chi connectivity index (χ3v) is 3.87. The summed E-state index contributed by atoms with van der Waals surface area (Å²) in [6.45, 7) is 8.69. The number of aromatic nitrogens is 1. The molecule has 18 heavy (non-hydrogen) atoms. The molecule has 0 fully saturated rings. The fraction of sp³-hybridized carbons (Fsp3) is 0.769. The first kappa shape index (κ1) is 15.6. The zero-order valence-corrected chi connectivity index (χ0v) is 12.4. The molecule has 1 aromatic rings. The van der Waals surface area contributed by atoms with Crippen LogP contribution in [-0.4, -0.2) is 33.9 Å². The average Bonchev–Trinajstić information content (AvgIpc) is 2.68. The molecule has 0 aromatic carbocycles. The van der Waals surface area contributed by atoms with E-state index < -0.39 is 6.10 Å². The summed E-state index contributed by atoms with van der Waals surface area (Å²) in [4.78, 5) is 5.34. The lowest BCUT2D eigenvalue weighted by atomic mass is 9.85. The van der Waals surface area contributed by atoms with E-state index in [2.05, 4.69) is 10.3 Å². The molecule has 0 unspecified atom stereocenters. The minimum atomic E-state index is -0.426. The van der Waals surface area contributed by atoms with Gasteiger partial charge < -0.3 is 15.5 Å². The highest BCUT2D eigenvalue weighted by atomic mass is 32.1. The molecule has 0 amide bonds. The molecule has 104 valence electrons. The Morgan fingerprint density at radius 1 is 1.44 bits per heavy atom. The van der Waals surface area contributed by atoms with Crippen molar-refractivity contribution in [2.45, 2.75) is 52.8 Å². The summed E-state index contributed by atoms with van der Waals surface area (Å²) in [5.41, 5.74) is -0.157. The number of aliphatic hydroxyl groups is 2. The number of aliphatic hydroxyl groups excluding tert-OH is 2. The third kappa shape index (κ3) is 5.02. The van der Waals surface area contributed by atoms with E-state index in [4.69, 9.17) is 0 Å². The maximum Gasteiger partial charge on any atom is 0.0897 e. The molecule has 3 N–H and O–H groups in total. The first-order valence-corrected chi connectivity index (χ1v) is 7.08. The van der Waals surface area contributed by atoms with Crippen LogP contribution in [0.1, 0.15) is 37.1 Å². The Bertz CT molecular complexity index is 360. The van der Waals surface area contributed by atoms with Crippen LogP contribution in [0.5, 0.6) is 0 Å². The van der Waals surface area contributed by atoms with Gasteiger partial charge in [-0.2, -0.15) is 0 Å². The molecule has 0 bridgehead atoms. The summed E-state index contributed by atoms with van der Waals surface area (Å²) in [6, 6.07) is -0.0818. The Morgan fingerprint density at radius 2 is 2.11 bits per heavy atom. The number of aryl methyl sites for hydroxylation is 1. The van der Waals surface area contributed by atoms with Gasteiger partial charge in [0.15, 0.2) is 0 Å². The Balaban J connectivity index is 2.42. The molecule has 1 aromatic heterocycles. The Kier molecular flexibility index (Phi) is 5.72. The molecule has 0 saturated carbocycles. The van der Waals surface area contributed by atoms with Crippen molar-refractivity contribution in [3.8, 4) is 0 Å². The number of hydrogen-bond donors (Lipinski definition) is 3. The Hall–Kier alpha value is -0.490. The minimum Gasteiger partial charge on any atom is -0.395 e. The number of hydrogen-bond acceptors (Lipinski definition) is 5. The van der Waals surface area contributed by atoms with E-state index in [0.717, 1.165) is 9.88 Å². The summed E-state index contributed by atoms with van der Waals surface area (Å²) in [6.07, 6.45) is 1.98. The second-order valence-electron chi connectivity index (χ2n) is 5.72. The van der Waals surface area contributed by atoms with Crippen LogP contribution in [0.3, 0.4) is 0 Å². The maximum atomic E-state index is 10.0. The molecule has 2 atom stereocenters. The summed E-state index contributed by atoms with van der Waals surface area (Å²) in [5, 5.41) is 23.7. The number of nitrogens with zero attached hydrogens (tertiary/aromatic N) is 1. The largest absolute Gasteiger partial charge is 0.395 e. The quantitative estimate of drug-likeness (QED) is 0.737. The number of thiazole rings is 1. The van der Waals surface area contributed by atoms with Gasteiger partial charge in [0, 0.05) is 23.7 Å². The fourth-order valence-corrected chi connectivity index (χ4v) is 2.32. The first-order chi connectivity index (χ1) is 8.32. The summed E-state index contributed by atoms with van der Waals surface area (Å²) < 4.78 is 0. The van der Waals surface area contributed by atoms with Gasteiger partial charge in [-0.3, -0.25) is 0 Å². The molecular formula is C13H24N2O2S. The van der Waals surface area contributed by atoms with E-state index in [1.807, 2.05) is 33.9 Å². The van der Waals surface area contributed by atoms with Gasteiger partial charge in [-0.05, 0) is 18.8 Å². The van der Waals surface area contributed by atoms with Crippen molar-refractivity contribution in [3.63, 3.8) is 0 Å². The van der Waals surface area contributed by atoms with E-state index in [0.29, 0.717) is 13.0 Å². The van der Waals surface area contributed by atoms with Gasteiger partial charge in [0.2, 0.25) is 0 Å². The van der Waals surface area contributed by atoms with Crippen LogP contribution in [0, 0.1) is 12.3 Å². The molecule has 0 spiro atoms. The van der Waals surface area contributed by atoms with Gasteiger partial charge in [-0.15, -0.1) is 11.3 Å². The fourth-order valence-electron chi connectivity index (χ4n) is 1.58. The van der Waals surface area contributed by atoms with Crippen molar-refractivity contribution in [3.05, 3.63) is 16.1 Å². The molecule has 0 aliphatic rings. The average molecular weight is 272 g/mol. The normalized spacial score (nSPS) is 15.7. The molecule has 1 heterocycles. The van der Waals surface area contributed by atoms with Crippen molar-refractivity contribution < 1.29 is 10.2 Å². The Labute approximate surface area is 113 Å². The zero-order chi connectivity index (χ0) is 13.8. The maximum absolute atomic E-state index is 10.0. The van der Waals surface area contributed by atoms with Crippen molar-refractivity contribution in [1.29, 1.82) is 0 Å². The number of nitrogens with one attached hydrogen (secondary N) is 1. The molecule has 1 rings (SSSR count). The molecule has 5 heteroatoms. The summed E-state index contributed by atoms with van der Waals surface area (Å²) in [7, 11) is 0. The first-order valence-electron chi connectivity index (χ1n) is 6.26. The lowest BCUT2D eigenvalue weighted by Crippen LogP contribution is -2.39. The van der Waals surface area contributed by atoms with Gasteiger partial charge in [0.05, 0.1) is 17.7 Å². The lowest BCUT2D eigenvalue weighted by Gasteiger charge is -2.29. The molecule has 0 radical (unpaired) electrons. The zero-order valence-electron chi connectivity index (χ0n) is 11.6. The third-order valence-electron chi connectivity index (χ3n) is 2.96. The van der Waals surface area contributed by atoms with E-state index >= 15 is 0 Å². The topological polar surface area (TPSA) is 65.4 Å². The van der Waals surface area contributed by atoms with E-state index in [-0.39, 0.29) is 18.1 Å². The van der Waals surface area contributed by atoms with Crippen LogP contribution < -0.4 is 5.32 Å². The Morgan fingerprint density at radius 3 is 2.56 bits per heavy atom. The van der Waals surface area contributed by atoms with E-state index in [1.54, 1.807) is 11.3 Å². The van der Waals surface area contributed by atoms with Crippen molar-refractivity contribution in [2.24, 2.45) is 5.41 Å². The monoisotopic (exact) mass is 272 g/mol. The van der Waals surface area contributed by atoms with Gasteiger partial charge in [-0.1, -0.05) is 20.8 Å². The smallest absolute Gasteiger partial charge is 0.0897 e. The van der Waals surface area contributed by atoms with E-state index in [1.165, 1.54) is 0 Å². The predicted molar refractivity (Wildman–Crippen MR) is 74.6 cm³/mol. The van der Waals surface area contributed by atoms with Crippen LogP contribution in [0.15, 0.2) is 6.20 Å². The van der Waals surface area contributed by atoms with Gasteiger partial charge in [0.25, 0.3) is 0 Å². The highest BCUT2D eigenvalue weighted by molar-refractivity contribution is 7.11. The van der Waals surface area contributed by atoms with Gasteiger partial charge >= 0.3 is 0 Å². The van der Waals surface area contributed by atoms with Crippen molar-refractivity contribution in [1.82, 2.24) is 10.3 Å². The number of rotatable bonds is 6. The van der Waals surface area contributed by atoms with Crippen LogP contribution >= 0.6 is 11.3 Å². The van der Waals surface area contributed by atoms with Crippen LogP contribution in [0.4, 0.5) is 0 Å². The molecule has 0 aliphatic carbocycles. The molecule has 0 saturated heterocycles. The van der Waals surface area contributed by atoms with Crippen molar-refractivity contribution >= 4 is 11.3 Å². The summed E-state index contributed by atoms with van der Waals surface area (Å²) in [5.74, 6) is 0. The molecular weight excluding hydrogens is 248 g/mol. The SMILES string of the molecule is Cc1ncc(CN[C@H](CO)C[C@H](O)C(C)(C)C)s1. The van der Waals surface area contributed by atoms with Crippen LogP contribution in [0.2, 0.25) is 0 Å². The molecule has 0 aliphatic heterocycles. The second-order valence-corrected chi connectivity index (χ2v) is 7.04.